The van der Waals surface area contributed by atoms with Crippen LogP contribution in [0.2, 0.25) is 0 Å². The predicted octanol–water partition coefficient (Wildman–Crippen LogP) is 21.7. The van der Waals surface area contributed by atoms with E-state index in [4.69, 9.17) is 57.4 Å². The van der Waals surface area contributed by atoms with Crippen LogP contribution in [-0.2, 0) is 47.8 Å². The minimum absolute atomic E-state index is 0. The number of hydrogen-bond acceptors (Lipinski definition) is 23. The third-order valence-corrected chi connectivity index (χ3v) is 29.6. The summed E-state index contributed by atoms with van der Waals surface area (Å²) in [7, 11) is 10.5. The first-order valence-corrected chi connectivity index (χ1v) is 54.0. The minimum Gasteiger partial charge on any atom is -0.497 e. The van der Waals surface area contributed by atoms with E-state index in [9.17, 15) is 31.9 Å². The average molecular weight is 2310 g/mol. The van der Waals surface area contributed by atoms with Gasteiger partial charge in [-0.15, -0.1) is 0 Å². The number of morpholine rings is 4. The molecule has 8 saturated heterocycles. The number of methoxy groups -OCH3 is 3. The van der Waals surface area contributed by atoms with E-state index < -0.39 is 48.8 Å². The van der Waals surface area contributed by atoms with Crippen molar-refractivity contribution >= 4 is 147 Å². The molecule has 3 atom stereocenters. The number of nitrogens with zero attached hydrogens (tertiary/aromatic N) is 13. The fourth-order valence-corrected chi connectivity index (χ4v) is 19.7. The van der Waals surface area contributed by atoms with Gasteiger partial charge in [0, 0.05) is 163 Å². The number of benzene rings is 6. The summed E-state index contributed by atoms with van der Waals surface area (Å²) in [5, 5.41) is 12.2. The summed E-state index contributed by atoms with van der Waals surface area (Å²) in [6.07, 6.45) is 2.07. The Balaban J connectivity index is 0.000000166. The zero-order valence-electron chi connectivity index (χ0n) is 89.7. The van der Waals surface area contributed by atoms with Gasteiger partial charge in [-0.2, -0.15) is 31.1 Å². The summed E-state index contributed by atoms with van der Waals surface area (Å²) >= 11 is 4.45. The number of rotatable bonds is 25. The van der Waals surface area contributed by atoms with Crippen LogP contribution in [0.3, 0.4) is 0 Å². The van der Waals surface area contributed by atoms with Crippen LogP contribution in [-0.4, -0.2) is 264 Å². The number of carbonyl (C=O) groups is 3. The molecule has 8 aliphatic rings. The number of carbonyl (C=O) groups excluding carboxylic acids is 3. The zero-order valence-corrected chi connectivity index (χ0v) is 95.0. The molecule has 37 heteroatoms. The summed E-state index contributed by atoms with van der Waals surface area (Å²) in [5.41, 5.74) is 13.5. The van der Waals surface area contributed by atoms with E-state index in [0.29, 0.717) is 69.3 Å². The molecular formula is C113H150BF4I2N17O12S. The molecule has 0 saturated carbocycles. The van der Waals surface area contributed by atoms with E-state index in [-0.39, 0.29) is 32.1 Å². The molecule has 0 unspecified atom stereocenters. The molecular weight excluding hydrogens is 2160 g/mol. The van der Waals surface area contributed by atoms with Crippen molar-refractivity contribution in [2.24, 2.45) is 17.8 Å². The van der Waals surface area contributed by atoms with Crippen LogP contribution in [0.15, 0.2) is 176 Å². The number of likely N-dealkylation sites (tertiary alicyclic amines) is 3. The third-order valence-electron chi connectivity index (χ3n) is 28.4. The molecule has 4 N–H and O–H groups in total. The second-order valence-corrected chi connectivity index (χ2v) is 42.2. The maximum atomic E-state index is 13.0. The van der Waals surface area contributed by atoms with Crippen LogP contribution in [0.1, 0.15) is 127 Å². The molecule has 810 valence electrons. The number of nitrogens with one attached hydrogen (secondary N) is 4. The highest BCUT2D eigenvalue weighted by Gasteiger charge is 2.52. The molecule has 6 aromatic carbocycles. The lowest BCUT2D eigenvalue weighted by molar-refractivity contribution is -0.143. The predicted molar refractivity (Wildman–Crippen MR) is 616 cm³/mol. The quantitative estimate of drug-likeness (QED) is 0.0179. The van der Waals surface area contributed by atoms with E-state index in [1.54, 1.807) is 33.5 Å². The highest BCUT2D eigenvalue weighted by molar-refractivity contribution is 14.1. The van der Waals surface area contributed by atoms with Gasteiger partial charge in [0.1, 0.15) is 58.0 Å². The lowest BCUT2D eigenvalue weighted by Crippen LogP contribution is -2.41. The van der Waals surface area contributed by atoms with Gasteiger partial charge in [0.05, 0.1) is 85.4 Å². The first kappa shape index (κ1) is 118. The number of aryl methyl sites for hydroxylation is 4. The maximum absolute atomic E-state index is 13.0. The summed E-state index contributed by atoms with van der Waals surface area (Å²) in [6, 6.07) is 57.9. The molecule has 29 nitrogen and oxygen atoms in total. The van der Waals surface area contributed by atoms with E-state index in [1.807, 2.05) is 117 Å². The molecule has 12 heterocycles. The number of halogens is 6. The van der Waals surface area contributed by atoms with Crippen LogP contribution in [0.4, 0.5) is 89.7 Å². The van der Waals surface area contributed by atoms with Gasteiger partial charge in [0.15, 0.2) is 0 Å². The summed E-state index contributed by atoms with van der Waals surface area (Å²) in [6.45, 7) is 38.3. The van der Waals surface area contributed by atoms with Crippen molar-refractivity contribution in [1.29, 1.82) is 0 Å². The van der Waals surface area contributed by atoms with Gasteiger partial charge < -0.3 is 108 Å². The standard InChI is InChI=1S/C32H41N5O3.C24H33N5O2.C20H28BF3N2O3.C18H22IN3O2.C10H14O.C9H10FIN2O.H2S/c1-5-24-12-13-37(22-24)32(38)33-27-9-6-23(2)29(20-27)26-18-30(34-31(19-26)36-14-16-40-17-15-36)35(3)21-25-7-10-28(39-4)11-8-25;1-4-18-7-8-29(16-18)24(30)26-20-6-5-17(2)21(15-20)19-13-22(25-3)27-23(14-19)28-9-11-31-12-10-28;1-13-6-7-15(10-16(13)21-28-18(2,3)19(4,5)29-21)25-17(27)26-9-8-14(12-26)11-20(22,23)24;1-21(13-14-3-5-16(23-2)6-4-14)17-11-15(19)12-18(20-17)22-7-9-24-10-8-22;1-3-4-9-5-7-10(11-2)8-6-9;10-8-5-7(11)6-9(12-8)13-1-3-14-4-2-13;/h6-11,18-20,24H,5,12-17,21-22H2,1-4H3,(H,33,38);5-6,13-15,18H,4,7-12,16H2,1-3H3,(H,25,27)(H,26,30);6-7,10,14H,8-9,11-12H2,1-5H3,(H,25,27);3-6,11-12H,7-10,13H2,1-2H3;5-8H,3-4H2,1-2H3;5-6H,1-4H2;1H2/t24-;18-;14-;;;;/m110..../s1. The van der Waals surface area contributed by atoms with Gasteiger partial charge in [0.2, 0.25) is 5.95 Å². The molecule has 8 aliphatic heterocycles. The van der Waals surface area contributed by atoms with Crippen molar-refractivity contribution in [3.63, 3.8) is 0 Å². The highest BCUT2D eigenvalue weighted by atomic mass is 127. The number of alkyl halides is 3. The number of ether oxygens (including phenoxy) is 7. The number of aromatic nitrogens is 4. The molecule has 18 rings (SSSR count). The molecule has 10 aromatic rings. The second kappa shape index (κ2) is 56.6. The Morgan fingerprint density at radius 3 is 1.18 bits per heavy atom. The van der Waals surface area contributed by atoms with Gasteiger partial charge in [-0.05, 0) is 308 Å². The van der Waals surface area contributed by atoms with Crippen LogP contribution >= 0.6 is 58.7 Å². The van der Waals surface area contributed by atoms with Crippen LogP contribution in [0.25, 0.3) is 22.3 Å². The molecule has 6 amide bonds. The highest BCUT2D eigenvalue weighted by Crippen LogP contribution is 2.40. The Labute approximate surface area is 917 Å². The zero-order chi connectivity index (χ0) is 106. The number of pyridine rings is 4. The lowest BCUT2D eigenvalue weighted by Gasteiger charge is -2.32. The summed E-state index contributed by atoms with van der Waals surface area (Å²) in [4.78, 5) is 75.3. The number of urea groups is 3. The molecule has 150 heavy (non-hydrogen) atoms. The Morgan fingerprint density at radius 1 is 0.447 bits per heavy atom. The van der Waals surface area contributed by atoms with Gasteiger partial charge >= 0.3 is 31.4 Å². The van der Waals surface area contributed by atoms with Crippen molar-refractivity contribution in [2.75, 3.05) is 238 Å². The van der Waals surface area contributed by atoms with Gasteiger partial charge in [-0.1, -0.05) is 100 Å². The van der Waals surface area contributed by atoms with Crippen LogP contribution in [0, 0.1) is 51.6 Å². The van der Waals surface area contributed by atoms with E-state index in [1.165, 1.54) is 37.6 Å². The number of amides is 6. The van der Waals surface area contributed by atoms with Gasteiger partial charge in [-0.3, -0.25) is 0 Å². The van der Waals surface area contributed by atoms with Crippen molar-refractivity contribution in [1.82, 2.24) is 34.6 Å². The maximum Gasteiger partial charge on any atom is 0.495 e. The fraction of sp³-hybridized carbons (Fsp3) is 0.478. The first-order chi connectivity index (χ1) is 71.5. The van der Waals surface area contributed by atoms with E-state index >= 15 is 0 Å². The summed E-state index contributed by atoms with van der Waals surface area (Å²) in [5.74, 6) is 9.25. The Hall–Kier alpha value is -10.9. The largest absolute Gasteiger partial charge is 0.497 e. The number of anilines is 10. The summed E-state index contributed by atoms with van der Waals surface area (Å²) < 4.78 is 102. The molecule has 0 radical (unpaired) electrons. The first-order valence-electron chi connectivity index (χ1n) is 51.8. The number of hydrogen-bond donors (Lipinski definition) is 4. The van der Waals surface area contributed by atoms with Crippen LogP contribution in [0.5, 0.6) is 17.2 Å². The average Bonchev–Trinajstić information content (AvgIpc) is 1.62. The third kappa shape index (κ3) is 34.3. The van der Waals surface area contributed by atoms with Gasteiger partial charge in [-0.25, -0.2) is 34.3 Å². The van der Waals surface area contributed by atoms with E-state index in [0.717, 1.165) is 255 Å². The van der Waals surface area contributed by atoms with Crippen molar-refractivity contribution in [2.45, 2.75) is 151 Å². The molecule has 8 fully saturated rings. The Kier molecular flexibility index (Phi) is 44.4. The molecule has 0 spiro atoms. The monoisotopic (exact) mass is 2310 g/mol. The SMILES string of the molecule is CCCc1ccc(OC)cc1.CC[C@@H]1CCN(C(=O)Nc2ccc(C)c(-c3cc(N(C)Cc4ccc(OC)cc4)nc(N4CCOCC4)c3)c2)C1.CC[C@@H]1CCN(C(=O)Nc2ccc(C)c(-c3cc(NC)nc(N4CCOCC4)c3)c2)C1.COc1ccc(CN(C)c2cc(I)cc(N3CCOCC3)n2)cc1.Cc1ccc(NC(=O)N2CC[C@@H](CC(F)(F)F)C2)cc1B1OC(C)(C)C(C)(C)O1.Fc1cc(I)cc(N2CCOCC2)n1.S. The molecule has 0 bridgehead atoms. The van der Waals surface area contributed by atoms with Gasteiger partial charge in [0.25, 0.3) is 0 Å². The molecule has 4 aromatic heterocycles. The fourth-order valence-electron chi connectivity index (χ4n) is 18.6. The van der Waals surface area contributed by atoms with Crippen LogP contribution < -0.4 is 70.3 Å². The topological polar surface area (TPSA) is 263 Å². The van der Waals surface area contributed by atoms with Crippen molar-refractivity contribution in [3.05, 3.63) is 222 Å². The lowest BCUT2D eigenvalue weighted by atomic mass is 9.76. The minimum atomic E-state index is -4.20. The van der Waals surface area contributed by atoms with Crippen molar-refractivity contribution < 1.29 is 74.4 Å². The second-order valence-electron chi connectivity index (χ2n) is 39.7. The Morgan fingerprint density at radius 2 is 0.800 bits per heavy atom. The molecule has 0 aliphatic carbocycles. The van der Waals surface area contributed by atoms with E-state index in [2.05, 4.69) is 242 Å². The normalized spacial score (nSPS) is 17.7. The Bertz CT molecular complexity index is 5960. The van der Waals surface area contributed by atoms with Crippen molar-refractivity contribution in [3.8, 4) is 39.5 Å². The smallest absolute Gasteiger partial charge is 0.495 e.